The number of ether oxygens (including phenoxy) is 3. The van der Waals surface area contributed by atoms with Gasteiger partial charge in [0.2, 0.25) is 0 Å². The summed E-state index contributed by atoms with van der Waals surface area (Å²) in [4.78, 5) is 30.5. The average Bonchev–Trinajstić information content (AvgIpc) is 3.55. The number of nitrogens with zero attached hydrogens (tertiary/aromatic N) is 5. The number of pyridine rings is 1. The lowest BCUT2D eigenvalue weighted by molar-refractivity contribution is 0.115. The summed E-state index contributed by atoms with van der Waals surface area (Å²) in [6.45, 7) is 1.38. The van der Waals surface area contributed by atoms with Crippen LogP contribution < -0.4 is 19.1 Å². The number of benzene rings is 2. The van der Waals surface area contributed by atoms with Crippen LogP contribution in [0.1, 0.15) is 12.5 Å². The van der Waals surface area contributed by atoms with Gasteiger partial charge in [0.1, 0.15) is 23.0 Å². The van der Waals surface area contributed by atoms with Crippen LogP contribution in [0, 0.1) is 5.82 Å². The van der Waals surface area contributed by atoms with Crippen LogP contribution in [0.4, 0.5) is 14.9 Å². The number of hydrogen-bond acceptors (Lipinski definition) is 10. The van der Waals surface area contributed by atoms with Gasteiger partial charge in [-0.3, -0.25) is 9.88 Å². The molecule has 11 nitrogen and oxygen atoms in total. The van der Waals surface area contributed by atoms with Gasteiger partial charge in [0, 0.05) is 34.0 Å². The fraction of sp³-hybridized carbons (Fsp3) is 0.250. The van der Waals surface area contributed by atoms with E-state index >= 15 is 4.39 Å². The van der Waals surface area contributed by atoms with Gasteiger partial charge in [0.15, 0.2) is 11.6 Å². The highest BCUT2D eigenvalue weighted by atomic mass is 35.5. The third-order valence-corrected chi connectivity index (χ3v) is 8.12. The number of carboxylic acid groups (broad SMARTS) is 1. The molecule has 0 bridgehead atoms. The first-order valence-electron chi connectivity index (χ1n) is 12.7. The molecule has 0 fully saturated rings. The Kier molecular flexibility index (Phi) is 7.17. The molecule has 1 atom stereocenters. The van der Waals surface area contributed by atoms with Crippen molar-refractivity contribution < 1.29 is 33.6 Å². The quantitative estimate of drug-likeness (QED) is 0.236. The van der Waals surface area contributed by atoms with Crippen LogP contribution in [-0.2, 0) is 6.42 Å². The molecule has 2 aromatic carbocycles. The third kappa shape index (κ3) is 5.10. The summed E-state index contributed by atoms with van der Waals surface area (Å²) < 4.78 is 32.6. The smallest absolute Gasteiger partial charge is 0.412 e. The fourth-order valence-electron chi connectivity index (χ4n) is 4.94. The Hall–Kier alpha value is -4.33. The molecule has 2 N–H and O–H groups in total. The van der Waals surface area contributed by atoms with Crippen LogP contribution in [0.2, 0.25) is 5.02 Å². The number of aliphatic hydroxyl groups excluding tert-OH is 1. The summed E-state index contributed by atoms with van der Waals surface area (Å²) in [6, 6.07) is 6.70. The molecule has 1 unspecified atom stereocenters. The molecule has 1 aliphatic heterocycles. The van der Waals surface area contributed by atoms with Crippen LogP contribution in [0.5, 0.6) is 17.5 Å². The number of fused-ring (bicyclic) bond motifs is 4. The molecular weight excluding hydrogens is 589 g/mol. The fourth-order valence-corrected chi connectivity index (χ4v) is 6.27. The largest absolute Gasteiger partial charge is 0.495 e. The molecule has 4 heterocycles. The van der Waals surface area contributed by atoms with Crippen molar-refractivity contribution in [1.29, 1.82) is 0 Å². The van der Waals surface area contributed by atoms with Crippen LogP contribution in [0.25, 0.3) is 31.7 Å². The molecule has 1 aliphatic rings. The second kappa shape index (κ2) is 10.8. The number of methoxy groups -OCH3 is 1. The zero-order chi connectivity index (χ0) is 29.6. The van der Waals surface area contributed by atoms with E-state index in [-0.39, 0.29) is 43.6 Å². The Labute approximate surface area is 247 Å². The number of hydrogen-bond donors (Lipinski definition) is 2. The summed E-state index contributed by atoms with van der Waals surface area (Å²) in [7, 11) is 1.56. The van der Waals surface area contributed by atoms with E-state index in [9.17, 15) is 9.90 Å². The number of carbonyl (C=O) groups is 1. The zero-order valence-electron chi connectivity index (χ0n) is 22.3. The molecule has 14 heteroatoms. The lowest BCUT2D eigenvalue weighted by atomic mass is 9.98. The Bertz CT molecular complexity index is 1840. The molecule has 216 valence electrons. The summed E-state index contributed by atoms with van der Waals surface area (Å²) in [5, 5.41) is 20.7. The minimum absolute atomic E-state index is 0.00107. The van der Waals surface area contributed by atoms with Crippen LogP contribution in [0.15, 0.2) is 42.9 Å². The van der Waals surface area contributed by atoms with Gasteiger partial charge in [-0.25, -0.2) is 24.1 Å². The molecule has 1 amide bonds. The number of thiazole rings is 1. The molecule has 0 saturated carbocycles. The lowest BCUT2D eigenvalue weighted by Gasteiger charge is -2.30. The number of anilines is 1. The Morgan fingerprint density at radius 3 is 2.71 bits per heavy atom. The zero-order valence-corrected chi connectivity index (χ0v) is 23.9. The molecule has 0 aliphatic carbocycles. The van der Waals surface area contributed by atoms with Crippen molar-refractivity contribution in [3.8, 4) is 28.1 Å². The molecule has 5 aromatic rings. The molecule has 0 spiro atoms. The first-order valence-corrected chi connectivity index (χ1v) is 13.9. The lowest BCUT2D eigenvalue weighted by Crippen LogP contribution is -2.46. The van der Waals surface area contributed by atoms with Crippen molar-refractivity contribution in [2.24, 2.45) is 0 Å². The highest BCUT2D eigenvalue weighted by molar-refractivity contribution is 7.22. The minimum Gasteiger partial charge on any atom is -0.495 e. The van der Waals surface area contributed by atoms with E-state index in [1.165, 1.54) is 29.8 Å². The topological polar surface area (TPSA) is 140 Å². The summed E-state index contributed by atoms with van der Waals surface area (Å²) in [6.07, 6.45) is 3.18. The van der Waals surface area contributed by atoms with Gasteiger partial charge in [-0.05, 0) is 25.1 Å². The molecule has 42 heavy (non-hydrogen) atoms. The van der Waals surface area contributed by atoms with E-state index in [2.05, 4.69) is 15.0 Å². The first-order chi connectivity index (χ1) is 20.2. The SMILES string of the molecule is COc1cnc2c(-c3nc4cc(F)c5c(c4s3)CC(C)(CN(C(=O)O)c3cnc(OCCO)nc3)O5)cc(Cl)cc2c1. The first kappa shape index (κ1) is 27.8. The monoisotopic (exact) mass is 611 g/mol. The molecule has 6 rings (SSSR count). The predicted octanol–water partition coefficient (Wildman–Crippen LogP) is 5.35. The molecule has 3 aromatic heterocycles. The third-order valence-electron chi connectivity index (χ3n) is 6.74. The number of aliphatic hydroxyl groups is 1. The van der Waals surface area contributed by atoms with Crippen molar-refractivity contribution >= 4 is 55.8 Å². The summed E-state index contributed by atoms with van der Waals surface area (Å²) >= 11 is 7.79. The Balaban J connectivity index is 1.34. The van der Waals surface area contributed by atoms with Crippen molar-refractivity contribution in [2.75, 3.05) is 31.8 Å². The molecule has 0 radical (unpaired) electrons. The van der Waals surface area contributed by atoms with E-state index in [1.54, 1.807) is 32.4 Å². The van der Waals surface area contributed by atoms with Crippen LogP contribution >= 0.6 is 22.9 Å². The number of halogens is 2. The normalized spacial score (nSPS) is 15.9. The van der Waals surface area contributed by atoms with E-state index in [0.29, 0.717) is 37.9 Å². The van der Waals surface area contributed by atoms with Gasteiger partial charge in [-0.2, -0.15) is 0 Å². The van der Waals surface area contributed by atoms with E-state index in [4.69, 9.17) is 35.9 Å². The second-order valence-corrected chi connectivity index (χ2v) is 11.3. The number of amides is 1. The van der Waals surface area contributed by atoms with Gasteiger partial charge in [0.05, 0.1) is 60.3 Å². The maximum absolute atomic E-state index is 15.4. The van der Waals surface area contributed by atoms with E-state index in [0.717, 1.165) is 15.0 Å². The summed E-state index contributed by atoms with van der Waals surface area (Å²) in [5.41, 5.74) is 1.49. The van der Waals surface area contributed by atoms with Crippen molar-refractivity contribution in [1.82, 2.24) is 19.9 Å². The number of rotatable bonds is 8. The second-order valence-electron chi connectivity index (χ2n) is 9.83. The minimum atomic E-state index is -1.26. The Morgan fingerprint density at radius 1 is 1.21 bits per heavy atom. The van der Waals surface area contributed by atoms with Crippen molar-refractivity contribution in [3.63, 3.8) is 0 Å². The predicted molar refractivity (Wildman–Crippen MR) is 155 cm³/mol. The van der Waals surface area contributed by atoms with Gasteiger partial charge >= 0.3 is 12.1 Å². The van der Waals surface area contributed by atoms with Crippen LogP contribution in [0.3, 0.4) is 0 Å². The molecular formula is C28H23ClFN5O6S. The average molecular weight is 612 g/mol. The van der Waals surface area contributed by atoms with Gasteiger partial charge in [-0.15, -0.1) is 11.3 Å². The summed E-state index contributed by atoms with van der Waals surface area (Å²) in [5.74, 6) is 0.0603. The molecule has 0 saturated heterocycles. The highest BCUT2D eigenvalue weighted by Crippen LogP contribution is 2.46. The standard InChI is InChI=1S/C28H23ClFN5O6S/c1-28(13-35(27(37)38)16-10-32-26(33-11-16)40-4-3-36)9-19-23(41-28)20(30)8-21-24(19)42-25(34-21)18-7-15(29)5-14-6-17(39-2)12-31-22(14)18/h5-8,10-12,36H,3-4,9,13H2,1-2H3,(H,37,38). The maximum atomic E-state index is 15.4. The van der Waals surface area contributed by atoms with Gasteiger partial charge in [-0.1, -0.05) is 11.6 Å². The maximum Gasteiger partial charge on any atom is 0.412 e. The van der Waals surface area contributed by atoms with E-state index < -0.39 is 17.5 Å². The van der Waals surface area contributed by atoms with Crippen molar-refractivity contribution in [3.05, 3.63) is 59.3 Å². The van der Waals surface area contributed by atoms with Gasteiger partial charge in [0.25, 0.3) is 0 Å². The Morgan fingerprint density at radius 2 is 2.00 bits per heavy atom. The van der Waals surface area contributed by atoms with Crippen LogP contribution in [-0.4, -0.2) is 68.7 Å². The van der Waals surface area contributed by atoms with Crippen molar-refractivity contribution in [2.45, 2.75) is 18.9 Å². The van der Waals surface area contributed by atoms with E-state index in [1.807, 2.05) is 6.07 Å². The highest BCUT2D eigenvalue weighted by Gasteiger charge is 2.41. The number of aromatic nitrogens is 4. The van der Waals surface area contributed by atoms with Gasteiger partial charge < -0.3 is 24.4 Å².